The minimum atomic E-state index is -0.137. The van der Waals surface area contributed by atoms with Crippen LogP contribution >= 0.6 is 33.2 Å². The number of halogens is 1. The lowest BCUT2D eigenvalue weighted by atomic mass is 10.3. The van der Waals surface area contributed by atoms with E-state index in [0.29, 0.717) is 19.5 Å². The predicted octanol–water partition coefficient (Wildman–Crippen LogP) is 4.90. The number of hydrogen-bond donors (Lipinski definition) is 3. The summed E-state index contributed by atoms with van der Waals surface area (Å²) in [4.78, 5) is 21.6. The molecule has 0 aliphatic rings. The maximum atomic E-state index is 10.9. The van der Waals surface area contributed by atoms with E-state index in [4.69, 9.17) is 17.0 Å². The van der Waals surface area contributed by atoms with Gasteiger partial charge in [0.25, 0.3) is 0 Å². The Hall–Kier alpha value is -0.660. The Morgan fingerprint density at radius 3 is 1.65 bits per heavy atom. The summed E-state index contributed by atoms with van der Waals surface area (Å²) in [6, 6.07) is 0. The van der Waals surface area contributed by atoms with E-state index in [1.54, 1.807) is 27.7 Å². The van der Waals surface area contributed by atoms with Crippen molar-refractivity contribution in [3.63, 3.8) is 0 Å². The van der Waals surface area contributed by atoms with Crippen molar-refractivity contribution in [1.82, 2.24) is 10.6 Å². The topological polar surface area (TPSA) is 82.1 Å². The first-order valence-corrected chi connectivity index (χ1v) is 12.0. The van der Waals surface area contributed by atoms with Crippen molar-refractivity contribution in [3.05, 3.63) is 11.6 Å². The van der Waals surface area contributed by atoms with Crippen molar-refractivity contribution < 1.29 is 9.59 Å². The van der Waals surface area contributed by atoms with Crippen LogP contribution in [0, 0.1) is 5.41 Å². The van der Waals surface area contributed by atoms with Gasteiger partial charge in [0.05, 0.1) is 0 Å². The highest BCUT2D eigenvalue weighted by atomic mass is 35.5. The van der Waals surface area contributed by atoms with Crippen molar-refractivity contribution >= 4 is 51.2 Å². The first-order chi connectivity index (χ1) is 12.5. The number of alkyl halides is 1. The molecule has 5 nitrogen and oxygen atoms in total. The fraction of sp³-hybridized carbons (Fsp3) is 0.722. The Labute approximate surface area is 173 Å². The Morgan fingerprint density at radius 1 is 0.962 bits per heavy atom. The van der Waals surface area contributed by atoms with E-state index in [2.05, 4.69) is 10.6 Å². The number of carbonyl (C=O) groups is 2. The molecule has 0 heterocycles. The number of carbonyl (C=O) groups excluding carboxylic acids is 2. The molecule has 0 aliphatic carbocycles. The van der Waals surface area contributed by atoms with Gasteiger partial charge in [-0.1, -0.05) is 61.8 Å². The Bertz CT molecular complexity index is 329. The van der Waals surface area contributed by atoms with E-state index in [9.17, 15) is 9.59 Å². The van der Waals surface area contributed by atoms with Gasteiger partial charge in [0.2, 0.25) is 11.8 Å². The molecule has 0 saturated carbocycles. The summed E-state index contributed by atoms with van der Waals surface area (Å²) in [5.74, 6) is 1.68. The Morgan fingerprint density at radius 2 is 1.38 bits per heavy atom. The highest BCUT2D eigenvalue weighted by Crippen LogP contribution is 2.19. The molecule has 0 aromatic heterocycles. The molecular formula is C18H38ClN3O2S2. The van der Waals surface area contributed by atoms with E-state index in [1.165, 1.54) is 11.8 Å². The minimum Gasteiger partial charge on any atom is -0.355 e. The zero-order valence-electron chi connectivity index (χ0n) is 17.4. The molecule has 0 aromatic rings. The molecule has 0 spiro atoms. The molecule has 0 fully saturated rings. The van der Waals surface area contributed by atoms with E-state index in [1.807, 2.05) is 48.5 Å². The normalized spacial score (nSPS) is 8.15. The van der Waals surface area contributed by atoms with Crippen LogP contribution in [0.2, 0.25) is 0 Å². The lowest BCUT2D eigenvalue weighted by molar-refractivity contribution is -0.120. The first-order valence-electron chi connectivity index (χ1n) is 8.95. The van der Waals surface area contributed by atoms with Gasteiger partial charge in [0.15, 0.2) is 0 Å². The zero-order valence-corrected chi connectivity index (χ0v) is 19.8. The molecular weight excluding hydrogens is 390 g/mol. The first kappa shape index (κ1) is 33.0. The highest BCUT2D eigenvalue weighted by Gasteiger charge is 1.98. The molecule has 0 bridgehead atoms. The van der Waals surface area contributed by atoms with Gasteiger partial charge in [-0.2, -0.15) is 0 Å². The SMILES string of the molecule is CC.CC.CC(C)=CC=N.CCC(=O)NCCSSCCNC(=O)CCl. The van der Waals surface area contributed by atoms with Crippen LogP contribution in [0.1, 0.15) is 54.9 Å². The monoisotopic (exact) mass is 427 g/mol. The molecule has 0 aromatic carbocycles. The standard InChI is InChI=1S/C9H17ClN2O2S2.C5H9N.2C2H6/c1-2-8(13)11-3-5-15-16-6-4-12-9(14)7-10;1-5(2)3-4-6;2*1-2/h2-7H2,1H3,(H,11,13)(H,12,14);3-4,6H,1-2H3;2*1-2H3. The molecule has 156 valence electrons. The summed E-state index contributed by atoms with van der Waals surface area (Å²) in [5, 5.41) is 12.0. The van der Waals surface area contributed by atoms with Crippen LogP contribution in [0.25, 0.3) is 0 Å². The molecule has 0 atom stereocenters. The van der Waals surface area contributed by atoms with Gasteiger partial charge >= 0.3 is 0 Å². The molecule has 0 rings (SSSR count). The van der Waals surface area contributed by atoms with Crippen molar-refractivity contribution in [3.8, 4) is 0 Å². The van der Waals surface area contributed by atoms with E-state index >= 15 is 0 Å². The van der Waals surface area contributed by atoms with Crippen LogP contribution < -0.4 is 10.6 Å². The van der Waals surface area contributed by atoms with Gasteiger partial charge < -0.3 is 16.0 Å². The second-order valence-corrected chi connectivity index (χ2v) is 7.21. The molecule has 0 radical (unpaired) electrons. The third kappa shape index (κ3) is 38.7. The summed E-state index contributed by atoms with van der Waals surface area (Å²) in [6.45, 7) is 15.1. The second-order valence-electron chi connectivity index (χ2n) is 4.24. The number of amides is 2. The second kappa shape index (κ2) is 32.0. The number of nitrogens with one attached hydrogen (secondary N) is 3. The van der Waals surface area contributed by atoms with Crippen LogP contribution in [-0.4, -0.2) is 48.5 Å². The average molecular weight is 428 g/mol. The van der Waals surface area contributed by atoms with Crippen LogP contribution in [0.15, 0.2) is 11.6 Å². The van der Waals surface area contributed by atoms with Crippen LogP contribution in [0.4, 0.5) is 0 Å². The van der Waals surface area contributed by atoms with Gasteiger partial charge in [-0.25, -0.2) is 0 Å². The van der Waals surface area contributed by atoms with Crippen LogP contribution in [0.3, 0.4) is 0 Å². The average Bonchev–Trinajstić information content (AvgIpc) is 2.66. The maximum Gasteiger partial charge on any atom is 0.234 e. The minimum absolute atomic E-state index is 0.0147. The summed E-state index contributed by atoms with van der Waals surface area (Å²) in [7, 11) is 3.36. The molecule has 0 aliphatic heterocycles. The number of allylic oxidation sites excluding steroid dienone is 2. The van der Waals surface area contributed by atoms with Crippen molar-refractivity contribution in [1.29, 1.82) is 5.41 Å². The summed E-state index contributed by atoms with van der Waals surface area (Å²) in [5.41, 5.74) is 1.17. The lowest BCUT2D eigenvalue weighted by Gasteiger charge is -2.04. The van der Waals surface area contributed by atoms with Crippen LogP contribution in [-0.2, 0) is 9.59 Å². The lowest BCUT2D eigenvalue weighted by Crippen LogP contribution is -2.26. The zero-order chi connectivity index (χ0) is 21.2. The van der Waals surface area contributed by atoms with Crippen molar-refractivity contribution in [2.75, 3.05) is 30.5 Å². The van der Waals surface area contributed by atoms with Gasteiger partial charge in [0, 0.05) is 37.2 Å². The molecule has 0 unspecified atom stereocenters. The summed E-state index contributed by atoms with van der Waals surface area (Å²) < 4.78 is 0. The summed E-state index contributed by atoms with van der Waals surface area (Å²) in [6.07, 6.45) is 3.57. The quantitative estimate of drug-likeness (QED) is 0.200. The van der Waals surface area contributed by atoms with Gasteiger partial charge in [-0.3, -0.25) is 9.59 Å². The molecule has 2 amide bonds. The Kier molecular flexibility index (Phi) is 40.6. The highest BCUT2D eigenvalue weighted by molar-refractivity contribution is 8.76. The van der Waals surface area contributed by atoms with Crippen molar-refractivity contribution in [2.45, 2.75) is 54.9 Å². The third-order valence-corrected chi connectivity index (χ3v) is 4.61. The fourth-order valence-corrected chi connectivity index (χ4v) is 2.83. The maximum absolute atomic E-state index is 10.9. The number of hydrogen-bond acceptors (Lipinski definition) is 5. The molecule has 8 heteroatoms. The van der Waals surface area contributed by atoms with E-state index in [0.717, 1.165) is 11.5 Å². The van der Waals surface area contributed by atoms with E-state index < -0.39 is 0 Å². The molecule has 0 saturated heterocycles. The fourth-order valence-electron chi connectivity index (χ4n) is 0.921. The van der Waals surface area contributed by atoms with E-state index in [-0.39, 0.29) is 17.7 Å². The van der Waals surface area contributed by atoms with Crippen LogP contribution in [0.5, 0.6) is 0 Å². The summed E-state index contributed by atoms with van der Waals surface area (Å²) >= 11 is 5.31. The molecule has 3 N–H and O–H groups in total. The van der Waals surface area contributed by atoms with Crippen molar-refractivity contribution in [2.24, 2.45) is 0 Å². The largest absolute Gasteiger partial charge is 0.355 e. The smallest absolute Gasteiger partial charge is 0.234 e. The third-order valence-electron chi connectivity index (χ3n) is 1.96. The van der Waals surface area contributed by atoms with Gasteiger partial charge in [-0.15, -0.1) is 11.6 Å². The van der Waals surface area contributed by atoms with Gasteiger partial charge in [0.1, 0.15) is 5.88 Å². The predicted molar refractivity (Wildman–Crippen MR) is 123 cm³/mol. The van der Waals surface area contributed by atoms with Gasteiger partial charge in [-0.05, 0) is 19.9 Å². The number of rotatable bonds is 10. The molecule has 26 heavy (non-hydrogen) atoms. The Balaban J connectivity index is -0.000000202.